The predicted molar refractivity (Wildman–Crippen MR) is 52.0 cm³/mol. The van der Waals surface area contributed by atoms with Crippen molar-refractivity contribution in [3.63, 3.8) is 0 Å². The molecule has 1 heterocycles. The van der Waals surface area contributed by atoms with Gasteiger partial charge in [-0.1, -0.05) is 0 Å². The van der Waals surface area contributed by atoms with Crippen LogP contribution in [0.5, 0.6) is 11.5 Å². The Morgan fingerprint density at radius 2 is 2.08 bits per heavy atom. The standard InChI is InChI=1S/C11H12O2/c1-7-5-6-13-11-8(2)10(12)4-3-9(7)11/h3-5,12H,6H2,1-2H3. The van der Waals surface area contributed by atoms with Crippen molar-refractivity contribution >= 4 is 5.57 Å². The van der Waals surface area contributed by atoms with E-state index in [0.717, 1.165) is 16.9 Å². The maximum atomic E-state index is 9.46. The van der Waals surface area contributed by atoms with Gasteiger partial charge in [0.1, 0.15) is 18.1 Å². The maximum absolute atomic E-state index is 9.46. The monoisotopic (exact) mass is 176 g/mol. The SMILES string of the molecule is CC1=CCOc2c1ccc(O)c2C. The minimum absolute atomic E-state index is 0.299. The highest BCUT2D eigenvalue weighted by molar-refractivity contribution is 5.73. The van der Waals surface area contributed by atoms with Gasteiger partial charge in [-0.15, -0.1) is 0 Å². The molecule has 0 unspecified atom stereocenters. The molecule has 0 fully saturated rings. The lowest BCUT2D eigenvalue weighted by atomic mass is 10.0. The Morgan fingerprint density at radius 3 is 2.85 bits per heavy atom. The number of phenols is 1. The fraction of sp³-hybridized carbons (Fsp3) is 0.273. The second-order valence-electron chi connectivity index (χ2n) is 3.28. The molecular weight excluding hydrogens is 164 g/mol. The van der Waals surface area contributed by atoms with E-state index in [9.17, 15) is 5.11 Å². The van der Waals surface area contributed by atoms with Crippen LogP contribution in [0.15, 0.2) is 18.2 Å². The van der Waals surface area contributed by atoms with Crippen LogP contribution in [0.4, 0.5) is 0 Å². The van der Waals surface area contributed by atoms with Gasteiger partial charge < -0.3 is 9.84 Å². The number of fused-ring (bicyclic) bond motifs is 1. The fourth-order valence-electron chi connectivity index (χ4n) is 1.54. The minimum Gasteiger partial charge on any atom is -0.508 e. The predicted octanol–water partition coefficient (Wildman–Crippen LogP) is 2.50. The zero-order valence-corrected chi connectivity index (χ0v) is 7.79. The van der Waals surface area contributed by atoms with Crippen molar-refractivity contribution in [1.29, 1.82) is 0 Å². The summed E-state index contributed by atoms with van der Waals surface area (Å²) in [4.78, 5) is 0. The third kappa shape index (κ3) is 1.18. The van der Waals surface area contributed by atoms with E-state index in [1.54, 1.807) is 6.07 Å². The van der Waals surface area contributed by atoms with Gasteiger partial charge >= 0.3 is 0 Å². The third-order valence-corrected chi connectivity index (χ3v) is 2.42. The van der Waals surface area contributed by atoms with Crippen LogP contribution < -0.4 is 4.74 Å². The Morgan fingerprint density at radius 1 is 1.31 bits per heavy atom. The van der Waals surface area contributed by atoms with E-state index in [-0.39, 0.29) is 0 Å². The van der Waals surface area contributed by atoms with Crippen molar-refractivity contribution < 1.29 is 9.84 Å². The molecule has 0 spiro atoms. The summed E-state index contributed by atoms with van der Waals surface area (Å²) < 4.78 is 5.47. The lowest BCUT2D eigenvalue weighted by Gasteiger charge is -2.18. The molecule has 0 bridgehead atoms. The van der Waals surface area contributed by atoms with Gasteiger partial charge in [0, 0.05) is 11.1 Å². The van der Waals surface area contributed by atoms with E-state index >= 15 is 0 Å². The second kappa shape index (κ2) is 2.80. The van der Waals surface area contributed by atoms with Gasteiger partial charge in [0.15, 0.2) is 0 Å². The minimum atomic E-state index is 0.299. The van der Waals surface area contributed by atoms with Crippen molar-refractivity contribution in [2.24, 2.45) is 0 Å². The summed E-state index contributed by atoms with van der Waals surface area (Å²) in [5, 5.41) is 9.46. The van der Waals surface area contributed by atoms with E-state index in [2.05, 4.69) is 6.92 Å². The van der Waals surface area contributed by atoms with E-state index in [4.69, 9.17) is 4.74 Å². The summed E-state index contributed by atoms with van der Waals surface area (Å²) in [6, 6.07) is 3.60. The number of benzene rings is 1. The molecule has 0 aromatic heterocycles. The van der Waals surface area contributed by atoms with Crippen LogP contribution >= 0.6 is 0 Å². The lowest BCUT2D eigenvalue weighted by molar-refractivity contribution is 0.350. The van der Waals surface area contributed by atoms with Crippen LogP contribution in [0.3, 0.4) is 0 Å². The molecule has 0 saturated carbocycles. The Balaban J connectivity index is 2.65. The average Bonchev–Trinajstić information content (AvgIpc) is 2.12. The fourth-order valence-corrected chi connectivity index (χ4v) is 1.54. The lowest BCUT2D eigenvalue weighted by Crippen LogP contribution is -2.04. The largest absolute Gasteiger partial charge is 0.508 e. The van der Waals surface area contributed by atoms with Crippen LogP contribution in [0.25, 0.3) is 5.57 Å². The van der Waals surface area contributed by atoms with E-state index in [1.165, 1.54) is 5.57 Å². The smallest absolute Gasteiger partial charge is 0.133 e. The van der Waals surface area contributed by atoms with Crippen LogP contribution in [0.1, 0.15) is 18.1 Å². The number of ether oxygens (including phenoxy) is 1. The number of aromatic hydroxyl groups is 1. The quantitative estimate of drug-likeness (QED) is 0.658. The molecule has 1 N–H and O–H groups in total. The van der Waals surface area contributed by atoms with Gasteiger partial charge in [-0.25, -0.2) is 0 Å². The topological polar surface area (TPSA) is 29.5 Å². The Labute approximate surface area is 77.5 Å². The number of allylic oxidation sites excluding steroid dienone is 1. The van der Waals surface area contributed by atoms with Gasteiger partial charge in [-0.2, -0.15) is 0 Å². The highest BCUT2D eigenvalue weighted by atomic mass is 16.5. The van der Waals surface area contributed by atoms with Gasteiger partial charge in [0.25, 0.3) is 0 Å². The van der Waals surface area contributed by atoms with Crippen LogP contribution in [-0.2, 0) is 0 Å². The molecule has 0 radical (unpaired) electrons. The first-order chi connectivity index (χ1) is 6.20. The first kappa shape index (κ1) is 8.17. The molecular formula is C11H12O2. The van der Waals surface area contributed by atoms with Crippen molar-refractivity contribution in [3.8, 4) is 11.5 Å². The number of hydrogen-bond acceptors (Lipinski definition) is 2. The van der Waals surface area contributed by atoms with E-state index < -0.39 is 0 Å². The third-order valence-electron chi connectivity index (χ3n) is 2.42. The molecule has 0 saturated heterocycles. The molecule has 1 aliphatic rings. The van der Waals surface area contributed by atoms with Crippen LogP contribution in [-0.4, -0.2) is 11.7 Å². The molecule has 0 amide bonds. The first-order valence-electron chi connectivity index (χ1n) is 4.32. The summed E-state index contributed by atoms with van der Waals surface area (Å²) in [6.45, 7) is 4.52. The summed E-state index contributed by atoms with van der Waals surface area (Å²) in [6.07, 6.45) is 2.04. The molecule has 2 rings (SSSR count). The van der Waals surface area contributed by atoms with Gasteiger partial charge in [0.2, 0.25) is 0 Å². The van der Waals surface area contributed by atoms with Crippen LogP contribution in [0.2, 0.25) is 0 Å². The molecule has 0 aliphatic carbocycles. The maximum Gasteiger partial charge on any atom is 0.133 e. The Hall–Kier alpha value is -1.44. The zero-order chi connectivity index (χ0) is 9.42. The highest BCUT2D eigenvalue weighted by Gasteiger charge is 2.14. The number of phenolic OH excluding ortho intramolecular Hbond substituents is 1. The summed E-state index contributed by atoms with van der Waals surface area (Å²) >= 11 is 0. The van der Waals surface area contributed by atoms with Crippen molar-refractivity contribution in [2.75, 3.05) is 6.61 Å². The van der Waals surface area contributed by atoms with Crippen molar-refractivity contribution in [3.05, 3.63) is 29.3 Å². The number of hydrogen-bond donors (Lipinski definition) is 1. The Kier molecular flexibility index (Phi) is 1.76. The average molecular weight is 176 g/mol. The van der Waals surface area contributed by atoms with Gasteiger partial charge in [0.05, 0.1) is 0 Å². The van der Waals surface area contributed by atoms with E-state index in [1.807, 2.05) is 19.1 Å². The van der Waals surface area contributed by atoms with Crippen molar-refractivity contribution in [1.82, 2.24) is 0 Å². The summed E-state index contributed by atoms with van der Waals surface area (Å²) in [5.74, 6) is 1.12. The molecule has 13 heavy (non-hydrogen) atoms. The second-order valence-corrected chi connectivity index (χ2v) is 3.28. The molecule has 0 atom stereocenters. The first-order valence-corrected chi connectivity index (χ1v) is 4.32. The summed E-state index contributed by atoms with van der Waals surface area (Å²) in [5.41, 5.74) is 3.12. The van der Waals surface area contributed by atoms with Crippen LogP contribution in [0, 0.1) is 6.92 Å². The Bertz CT molecular complexity index is 378. The van der Waals surface area contributed by atoms with E-state index in [0.29, 0.717) is 12.4 Å². The van der Waals surface area contributed by atoms with Gasteiger partial charge in [-0.3, -0.25) is 0 Å². The molecule has 1 aromatic rings. The molecule has 1 aliphatic heterocycles. The normalized spacial score (nSPS) is 14.5. The molecule has 68 valence electrons. The zero-order valence-electron chi connectivity index (χ0n) is 7.79. The van der Waals surface area contributed by atoms with Gasteiger partial charge in [-0.05, 0) is 37.6 Å². The highest BCUT2D eigenvalue weighted by Crippen LogP contribution is 2.36. The number of rotatable bonds is 0. The molecule has 2 heteroatoms. The molecule has 2 nitrogen and oxygen atoms in total. The molecule has 1 aromatic carbocycles. The summed E-state index contributed by atoms with van der Waals surface area (Å²) in [7, 11) is 0. The van der Waals surface area contributed by atoms with Crippen molar-refractivity contribution in [2.45, 2.75) is 13.8 Å².